The van der Waals surface area contributed by atoms with E-state index in [1.54, 1.807) is 0 Å². The number of methoxy groups -OCH3 is 1. The summed E-state index contributed by atoms with van der Waals surface area (Å²) in [4.78, 5) is 11.9. The number of esters is 1. The standard InChI is InChI=1S/C16H12INO2/c1-20-16(19)12-10-18(14-8-4-2-6-11(12)14)15-9-5-3-7-13(15)17/h2-10H,1H3. The van der Waals surface area contributed by atoms with E-state index in [4.69, 9.17) is 4.74 Å². The first kappa shape index (κ1) is 13.2. The van der Waals surface area contributed by atoms with Gasteiger partial charge in [-0.25, -0.2) is 4.79 Å². The van der Waals surface area contributed by atoms with Crippen molar-refractivity contribution >= 4 is 39.5 Å². The molecule has 0 bridgehead atoms. The van der Waals surface area contributed by atoms with Crippen LogP contribution >= 0.6 is 22.6 Å². The highest BCUT2D eigenvalue weighted by Crippen LogP contribution is 2.27. The van der Waals surface area contributed by atoms with Gasteiger partial charge in [0, 0.05) is 15.2 Å². The lowest BCUT2D eigenvalue weighted by molar-refractivity contribution is 0.0603. The van der Waals surface area contributed by atoms with Crippen LogP contribution in [0.3, 0.4) is 0 Å². The average molecular weight is 377 g/mol. The van der Waals surface area contributed by atoms with Gasteiger partial charge in [0.15, 0.2) is 0 Å². The molecule has 4 heteroatoms. The molecule has 100 valence electrons. The first-order valence-corrected chi connectivity index (χ1v) is 7.23. The summed E-state index contributed by atoms with van der Waals surface area (Å²) in [6.07, 6.45) is 1.84. The van der Waals surface area contributed by atoms with Crippen LogP contribution in [0.5, 0.6) is 0 Å². The zero-order chi connectivity index (χ0) is 14.1. The molecule has 0 spiro atoms. The van der Waals surface area contributed by atoms with Gasteiger partial charge in [-0.05, 0) is 40.8 Å². The number of benzene rings is 2. The highest BCUT2D eigenvalue weighted by atomic mass is 127. The molecule has 0 saturated carbocycles. The summed E-state index contributed by atoms with van der Waals surface area (Å²) in [5.74, 6) is -0.314. The minimum absolute atomic E-state index is 0.314. The van der Waals surface area contributed by atoms with Crippen molar-refractivity contribution < 1.29 is 9.53 Å². The highest BCUT2D eigenvalue weighted by molar-refractivity contribution is 14.1. The summed E-state index contributed by atoms with van der Waals surface area (Å²) in [6.45, 7) is 0. The number of rotatable bonds is 2. The minimum Gasteiger partial charge on any atom is -0.465 e. The Morgan fingerprint density at radius 1 is 1.10 bits per heavy atom. The monoisotopic (exact) mass is 377 g/mol. The molecular formula is C16H12INO2. The highest BCUT2D eigenvalue weighted by Gasteiger charge is 2.16. The third-order valence-corrected chi connectivity index (χ3v) is 4.14. The van der Waals surface area contributed by atoms with E-state index in [2.05, 4.69) is 22.6 Å². The van der Waals surface area contributed by atoms with Crippen LogP contribution in [-0.4, -0.2) is 17.6 Å². The van der Waals surface area contributed by atoms with E-state index >= 15 is 0 Å². The summed E-state index contributed by atoms with van der Waals surface area (Å²) in [7, 11) is 1.40. The number of ether oxygens (including phenoxy) is 1. The van der Waals surface area contributed by atoms with Gasteiger partial charge in [0.05, 0.1) is 23.9 Å². The second-order valence-corrected chi connectivity index (χ2v) is 5.54. The number of fused-ring (bicyclic) bond motifs is 1. The van der Waals surface area contributed by atoms with Crippen molar-refractivity contribution in [3.8, 4) is 5.69 Å². The minimum atomic E-state index is -0.314. The molecule has 20 heavy (non-hydrogen) atoms. The summed E-state index contributed by atoms with van der Waals surface area (Å²) in [5, 5.41) is 0.902. The fourth-order valence-electron chi connectivity index (χ4n) is 2.30. The molecule has 0 radical (unpaired) electrons. The van der Waals surface area contributed by atoms with Crippen molar-refractivity contribution in [2.24, 2.45) is 0 Å². The molecular weight excluding hydrogens is 365 g/mol. The van der Waals surface area contributed by atoms with Crippen LogP contribution in [0.1, 0.15) is 10.4 Å². The number of aromatic nitrogens is 1. The second-order valence-electron chi connectivity index (χ2n) is 4.37. The summed E-state index contributed by atoms with van der Waals surface area (Å²) < 4.78 is 8.03. The number of carbonyl (C=O) groups excluding carboxylic acids is 1. The predicted molar refractivity (Wildman–Crippen MR) is 87.3 cm³/mol. The van der Waals surface area contributed by atoms with Crippen molar-refractivity contribution in [1.82, 2.24) is 4.57 Å². The largest absolute Gasteiger partial charge is 0.465 e. The lowest BCUT2D eigenvalue weighted by atomic mass is 10.2. The topological polar surface area (TPSA) is 31.2 Å². The SMILES string of the molecule is COC(=O)c1cn(-c2ccccc2I)c2ccccc12. The molecule has 0 amide bonds. The summed E-state index contributed by atoms with van der Waals surface area (Å²) in [5.41, 5.74) is 2.64. The van der Waals surface area contributed by atoms with Crippen LogP contribution < -0.4 is 0 Å². The van der Waals surface area contributed by atoms with Gasteiger partial charge in [0.25, 0.3) is 0 Å². The molecule has 0 aliphatic heterocycles. The molecule has 1 heterocycles. The summed E-state index contributed by atoms with van der Waals surface area (Å²) >= 11 is 2.30. The molecule has 3 nitrogen and oxygen atoms in total. The van der Waals surface area contributed by atoms with Gasteiger partial charge >= 0.3 is 5.97 Å². The maximum atomic E-state index is 11.9. The molecule has 0 saturated heterocycles. The van der Waals surface area contributed by atoms with Gasteiger partial charge < -0.3 is 9.30 Å². The van der Waals surface area contributed by atoms with Gasteiger partial charge in [-0.2, -0.15) is 0 Å². The van der Waals surface area contributed by atoms with Crippen LogP contribution in [0.25, 0.3) is 16.6 Å². The van der Waals surface area contributed by atoms with E-state index in [9.17, 15) is 4.79 Å². The van der Waals surface area contributed by atoms with Crippen molar-refractivity contribution in [3.05, 3.63) is 63.9 Å². The second kappa shape index (κ2) is 5.28. The van der Waals surface area contributed by atoms with Crippen LogP contribution in [0, 0.1) is 3.57 Å². The van der Waals surface area contributed by atoms with Crippen LogP contribution in [-0.2, 0) is 4.74 Å². The Balaban J connectivity index is 2.32. The zero-order valence-electron chi connectivity index (χ0n) is 10.8. The van der Waals surface area contributed by atoms with Crippen LogP contribution in [0.15, 0.2) is 54.7 Å². The molecule has 0 fully saturated rings. The van der Waals surface area contributed by atoms with Gasteiger partial charge in [0.1, 0.15) is 0 Å². The van der Waals surface area contributed by atoms with Crippen molar-refractivity contribution in [2.75, 3.05) is 7.11 Å². The normalized spacial score (nSPS) is 10.7. The first-order chi connectivity index (χ1) is 9.72. The summed E-state index contributed by atoms with van der Waals surface area (Å²) in [6, 6.07) is 15.9. The van der Waals surface area contributed by atoms with E-state index in [1.165, 1.54) is 7.11 Å². The molecule has 2 aromatic carbocycles. The Morgan fingerprint density at radius 3 is 2.55 bits per heavy atom. The molecule has 0 aliphatic carbocycles. The maximum Gasteiger partial charge on any atom is 0.340 e. The van der Waals surface area contributed by atoms with Gasteiger partial charge in [-0.15, -0.1) is 0 Å². The van der Waals surface area contributed by atoms with Crippen molar-refractivity contribution in [3.63, 3.8) is 0 Å². The van der Waals surface area contributed by atoms with Crippen LogP contribution in [0.2, 0.25) is 0 Å². The van der Waals surface area contributed by atoms with Gasteiger partial charge in [-0.1, -0.05) is 30.3 Å². The Labute approximate surface area is 130 Å². The number of para-hydroxylation sites is 2. The number of halogens is 1. The third kappa shape index (κ3) is 2.10. The molecule has 0 unspecified atom stereocenters. The zero-order valence-corrected chi connectivity index (χ0v) is 13.0. The van der Waals surface area contributed by atoms with E-state index < -0.39 is 0 Å². The van der Waals surface area contributed by atoms with Gasteiger partial charge in [0.2, 0.25) is 0 Å². The average Bonchev–Trinajstić information content (AvgIpc) is 2.86. The quantitative estimate of drug-likeness (QED) is 0.499. The molecule has 0 atom stereocenters. The third-order valence-electron chi connectivity index (χ3n) is 3.23. The number of nitrogens with zero attached hydrogens (tertiary/aromatic N) is 1. The lowest BCUT2D eigenvalue weighted by Crippen LogP contribution is -2.00. The Kier molecular flexibility index (Phi) is 3.48. The maximum absolute atomic E-state index is 11.9. The molecule has 0 N–H and O–H groups in total. The van der Waals surface area contributed by atoms with Crippen LogP contribution in [0.4, 0.5) is 0 Å². The fraction of sp³-hybridized carbons (Fsp3) is 0.0625. The Bertz CT molecular complexity index is 792. The van der Waals surface area contributed by atoms with E-state index in [0.29, 0.717) is 5.56 Å². The van der Waals surface area contributed by atoms with Crippen molar-refractivity contribution in [1.29, 1.82) is 0 Å². The number of carbonyl (C=O) groups is 1. The molecule has 1 aromatic heterocycles. The Hall–Kier alpha value is -1.82. The predicted octanol–water partition coefficient (Wildman–Crippen LogP) is 4.02. The molecule has 3 aromatic rings. The fourth-order valence-corrected chi connectivity index (χ4v) is 2.95. The lowest BCUT2D eigenvalue weighted by Gasteiger charge is -2.07. The van der Waals surface area contributed by atoms with E-state index in [-0.39, 0.29) is 5.97 Å². The van der Waals surface area contributed by atoms with Crippen molar-refractivity contribution in [2.45, 2.75) is 0 Å². The molecule has 3 rings (SSSR count). The van der Waals surface area contributed by atoms with E-state index in [1.807, 2.05) is 59.3 Å². The van der Waals surface area contributed by atoms with E-state index in [0.717, 1.165) is 20.2 Å². The number of hydrogen-bond acceptors (Lipinski definition) is 2. The Morgan fingerprint density at radius 2 is 1.80 bits per heavy atom. The first-order valence-electron chi connectivity index (χ1n) is 6.15. The molecule has 0 aliphatic rings. The van der Waals surface area contributed by atoms with Gasteiger partial charge in [-0.3, -0.25) is 0 Å². The smallest absolute Gasteiger partial charge is 0.340 e. The number of hydrogen-bond donors (Lipinski definition) is 0.